The fraction of sp³-hybridized carbons (Fsp3) is 0.0667. The number of benzene rings is 2. The van der Waals surface area contributed by atoms with Crippen molar-refractivity contribution in [3.8, 4) is 6.07 Å². The number of nitrogens with zero attached hydrogens (tertiary/aromatic N) is 2. The summed E-state index contributed by atoms with van der Waals surface area (Å²) >= 11 is 7.27. The minimum atomic E-state index is -0.267. The maximum absolute atomic E-state index is 13.8. The Morgan fingerprint density at radius 2 is 2.14 bits per heavy atom. The molecule has 0 saturated heterocycles. The molecular weight excluding hydrogens is 400 g/mol. The molecule has 1 N–H and O–H groups in total. The molecule has 1 aromatic heterocycles. The second-order valence-corrected chi connectivity index (χ2v) is 6.16. The Bertz CT molecular complexity index is 936. The fourth-order valence-electron chi connectivity index (χ4n) is 2.23. The van der Waals surface area contributed by atoms with Gasteiger partial charge in [0.15, 0.2) is 4.77 Å². The first-order valence-electron chi connectivity index (χ1n) is 6.15. The van der Waals surface area contributed by atoms with Gasteiger partial charge in [-0.3, -0.25) is 0 Å². The minimum Gasteiger partial charge on any atom is -0.331 e. The van der Waals surface area contributed by atoms with Crippen LogP contribution in [0.2, 0.25) is 0 Å². The summed E-state index contributed by atoms with van der Waals surface area (Å²) in [4.78, 5) is 3.09. The van der Waals surface area contributed by atoms with E-state index in [0.717, 1.165) is 16.6 Å². The maximum atomic E-state index is 13.8. The van der Waals surface area contributed by atoms with Crippen LogP contribution in [0.15, 0.2) is 36.4 Å². The highest BCUT2D eigenvalue weighted by atomic mass is 127. The predicted octanol–water partition coefficient (Wildman–Crippen LogP) is 4.36. The molecule has 0 saturated carbocycles. The van der Waals surface area contributed by atoms with Crippen molar-refractivity contribution in [2.45, 2.75) is 6.54 Å². The van der Waals surface area contributed by atoms with E-state index in [1.54, 1.807) is 12.1 Å². The highest BCUT2D eigenvalue weighted by molar-refractivity contribution is 14.1. The van der Waals surface area contributed by atoms with Crippen molar-refractivity contribution in [3.63, 3.8) is 0 Å². The molecule has 0 radical (unpaired) electrons. The molecule has 1 heterocycles. The summed E-state index contributed by atoms with van der Waals surface area (Å²) in [6.45, 7) is 0.494. The van der Waals surface area contributed by atoms with Gasteiger partial charge in [0.2, 0.25) is 0 Å². The normalized spacial score (nSPS) is 10.7. The zero-order chi connectivity index (χ0) is 15.0. The summed E-state index contributed by atoms with van der Waals surface area (Å²) in [5.41, 5.74) is 3.08. The molecule has 0 aliphatic heterocycles. The number of halogens is 2. The Morgan fingerprint density at radius 3 is 2.90 bits per heavy atom. The quantitative estimate of drug-likeness (QED) is 0.505. The SMILES string of the molecule is N#Cc1cccc(Cn2c(=S)[nH]c3cc(I)c(F)cc32)c1. The van der Waals surface area contributed by atoms with E-state index in [0.29, 0.717) is 20.4 Å². The molecule has 3 aromatic rings. The largest absolute Gasteiger partial charge is 0.331 e. The van der Waals surface area contributed by atoms with Crippen LogP contribution in [0, 0.1) is 25.5 Å². The fourth-order valence-corrected chi connectivity index (χ4v) is 2.97. The monoisotopic (exact) mass is 409 g/mol. The first-order valence-corrected chi connectivity index (χ1v) is 7.64. The van der Waals surface area contributed by atoms with Crippen LogP contribution < -0.4 is 0 Å². The second kappa shape index (κ2) is 5.58. The number of hydrogen-bond acceptors (Lipinski definition) is 2. The Labute approximate surface area is 139 Å². The third-order valence-electron chi connectivity index (χ3n) is 3.21. The molecule has 0 fully saturated rings. The maximum Gasteiger partial charge on any atom is 0.178 e. The van der Waals surface area contributed by atoms with E-state index < -0.39 is 0 Å². The first kappa shape index (κ1) is 14.2. The highest BCUT2D eigenvalue weighted by Gasteiger charge is 2.09. The van der Waals surface area contributed by atoms with Gasteiger partial charge in [-0.1, -0.05) is 12.1 Å². The molecule has 3 nitrogen and oxygen atoms in total. The van der Waals surface area contributed by atoms with E-state index >= 15 is 0 Å². The van der Waals surface area contributed by atoms with Crippen LogP contribution in [-0.4, -0.2) is 9.55 Å². The number of aromatic amines is 1. The average molecular weight is 409 g/mol. The first-order chi connectivity index (χ1) is 10.1. The van der Waals surface area contributed by atoms with Crippen molar-refractivity contribution in [2.75, 3.05) is 0 Å². The molecule has 0 amide bonds. The Morgan fingerprint density at radius 1 is 1.33 bits per heavy atom. The van der Waals surface area contributed by atoms with Crippen molar-refractivity contribution < 1.29 is 4.39 Å². The third kappa shape index (κ3) is 2.71. The standard InChI is InChI=1S/C15H9FIN3S/c16-11-5-14-13(6-12(11)17)19-15(21)20(14)8-10-3-1-2-9(4-10)7-18/h1-6H,8H2,(H,19,21). The van der Waals surface area contributed by atoms with Crippen molar-refractivity contribution in [1.29, 1.82) is 5.26 Å². The number of aromatic nitrogens is 2. The smallest absolute Gasteiger partial charge is 0.178 e. The molecule has 0 aliphatic rings. The van der Waals surface area contributed by atoms with E-state index in [2.05, 4.69) is 11.1 Å². The number of H-pyrrole nitrogens is 1. The van der Waals surface area contributed by atoms with Crippen LogP contribution in [0.5, 0.6) is 0 Å². The lowest BCUT2D eigenvalue weighted by molar-refractivity contribution is 0.621. The Balaban J connectivity index is 2.12. The molecule has 6 heteroatoms. The lowest BCUT2D eigenvalue weighted by Crippen LogP contribution is -2.00. The number of rotatable bonds is 2. The van der Waals surface area contributed by atoms with Gasteiger partial charge >= 0.3 is 0 Å². The third-order valence-corrected chi connectivity index (χ3v) is 4.36. The molecule has 3 rings (SSSR count). The molecular formula is C15H9FIN3S. The summed E-state index contributed by atoms with van der Waals surface area (Å²) in [6.07, 6.45) is 0. The van der Waals surface area contributed by atoms with Crippen LogP contribution in [0.25, 0.3) is 11.0 Å². The number of hydrogen-bond donors (Lipinski definition) is 1. The van der Waals surface area contributed by atoms with Crippen molar-refractivity contribution >= 4 is 45.8 Å². The van der Waals surface area contributed by atoms with Crippen molar-refractivity contribution in [2.24, 2.45) is 0 Å². The van der Waals surface area contributed by atoms with E-state index in [4.69, 9.17) is 17.5 Å². The molecule has 2 aromatic carbocycles. The number of nitriles is 1. The molecule has 0 spiro atoms. The average Bonchev–Trinajstić information content (AvgIpc) is 2.76. The van der Waals surface area contributed by atoms with Gasteiger partial charge in [-0.05, 0) is 58.6 Å². The summed E-state index contributed by atoms with van der Waals surface area (Å²) in [5.74, 6) is -0.267. The number of nitrogens with one attached hydrogen (secondary N) is 1. The zero-order valence-electron chi connectivity index (χ0n) is 10.7. The molecule has 0 aliphatic carbocycles. The van der Waals surface area contributed by atoms with Crippen LogP contribution >= 0.6 is 34.8 Å². The molecule has 21 heavy (non-hydrogen) atoms. The van der Waals surface area contributed by atoms with Crippen LogP contribution in [0.3, 0.4) is 0 Å². The topological polar surface area (TPSA) is 44.5 Å². The van der Waals surface area contributed by atoms with Gasteiger partial charge in [0.25, 0.3) is 0 Å². The summed E-state index contributed by atoms with van der Waals surface area (Å²) in [5, 5.41) is 8.95. The molecule has 104 valence electrons. The predicted molar refractivity (Wildman–Crippen MR) is 90.1 cm³/mol. The van der Waals surface area contributed by atoms with Crippen LogP contribution in [0.1, 0.15) is 11.1 Å². The Hall–Kier alpha value is -1.72. The van der Waals surface area contributed by atoms with Gasteiger partial charge in [-0.15, -0.1) is 0 Å². The van der Waals surface area contributed by atoms with E-state index in [1.165, 1.54) is 6.07 Å². The molecule has 0 unspecified atom stereocenters. The minimum absolute atomic E-state index is 0.267. The van der Waals surface area contributed by atoms with Crippen LogP contribution in [-0.2, 0) is 6.54 Å². The summed E-state index contributed by atoms with van der Waals surface area (Å²) in [6, 6.07) is 12.6. The highest BCUT2D eigenvalue weighted by Crippen LogP contribution is 2.21. The lowest BCUT2D eigenvalue weighted by atomic mass is 10.1. The van der Waals surface area contributed by atoms with Gasteiger partial charge < -0.3 is 9.55 Å². The van der Waals surface area contributed by atoms with Gasteiger partial charge in [0, 0.05) is 6.07 Å². The van der Waals surface area contributed by atoms with E-state index in [9.17, 15) is 4.39 Å². The van der Waals surface area contributed by atoms with Crippen molar-refractivity contribution in [3.05, 3.63) is 61.7 Å². The van der Waals surface area contributed by atoms with Gasteiger partial charge in [0.05, 0.1) is 32.8 Å². The van der Waals surface area contributed by atoms with Gasteiger partial charge in [-0.2, -0.15) is 5.26 Å². The van der Waals surface area contributed by atoms with E-state index in [1.807, 2.05) is 45.4 Å². The number of imidazole rings is 1. The summed E-state index contributed by atoms with van der Waals surface area (Å²) in [7, 11) is 0. The zero-order valence-corrected chi connectivity index (χ0v) is 13.7. The van der Waals surface area contributed by atoms with Gasteiger partial charge in [-0.25, -0.2) is 4.39 Å². The van der Waals surface area contributed by atoms with Crippen LogP contribution in [0.4, 0.5) is 4.39 Å². The lowest BCUT2D eigenvalue weighted by Gasteiger charge is -2.06. The summed E-state index contributed by atoms with van der Waals surface area (Å²) < 4.78 is 16.7. The molecule has 0 bridgehead atoms. The van der Waals surface area contributed by atoms with Crippen molar-refractivity contribution in [1.82, 2.24) is 9.55 Å². The number of fused-ring (bicyclic) bond motifs is 1. The van der Waals surface area contributed by atoms with Gasteiger partial charge in [0.1, 0.15) is 5.82 Å². The van der Waals surface area contributed by atoms with E-state index in [-0.39, 0.29) is 5.82 Å². The molecule has 0 atom stereocenters. The second-order valence-electron chi connectivity index (χ2n) is 4.61. The Kier molecular flexibility index (Phi) is 3.78.